The normalized spacial score (nSPS) is 13.9. The van der Waals surface area contributed by atoms with E-state index in [1.165, 1.54) is 12.1 Å². The van der Waals surface area contributed by atoms with Crippen molar-refractivity contribution in [3.63, 3.8) is 0 Å². The van der Waals surface area contributed by atoms with Crippen molar-refractivity contribution < 1.29 is 18.7 Å². The maximum atomic E-state index is 12.9. The first-order chi connectivity index (χ1) is 10.1. The van der Waals surface area contributed by atoms with Gasteiger partial charge in [0.15, 0.2) is 0 Å². The summed E-state index contributed by atoms with van der Waals surface area (Å²) in [6.45, 7) is 8.58. The Hall–Kier alpha value is -2.11. The number of benzene rings is 1. The second-order valence-corrected chi connectivity index (χ2v) is 6.15. The summed E-state index contributed by atoms with van der Waals surface area (Å²) in [7, 11) is 0. The molecule has 0 fully saturated rings. The number of carbonyl (C=O) groups excluding carboxylic acids is 2. The minimum atomic E-state index is -0.738. The summed E-state index contributed by atoms with van der Waals surface area (Å²) in [6, 6.07) is 4.84. The Morgan fingerprint density at radius 3 is 2.14 bits per heavy atom. The third kappa shape index (κ3) is 6.11. The number of carbonyl (C=O) groups is 2. The van der Waals surface area contributed by atoms with Crippen LogP contribution in [0.4, 0.5) is 9.18 Å². The summed E-state index contributed by atoms with van der Waals surface area (Å²) in [5, 5.41) is 5.22. The Balaban J connectivity index is 2.53. The summed E-state index contributed by atoms with van der Waals surface area (Å²) < 4.78 is 18.0. The SMILES string of the molecule is CC(NC(=O)[C@@H](C)NC(=O)OC(C)(C)C)c1ccc(F)cc1. The van der Waals surface area contributed by atoms with Crippen molar-refractivity contribution >= 4 is 12.0 Å². The molecule has 0 saturated heterocycles. The Kier molecular flexibility index (Phi) is 5.91. The molecule has 5 nitrogen and oxygen atoms in total. The number of alkyl carbamates (subject to hydrolysis) is 1. The van der Waals surface area contributed by atoms with Crippen molar-refractivity contribution in [3.8, 4) is 0 Å². The molecule has 122 valence electrons. The molecule has 0 spiro atoms. The Bertz CT molecular complexity index is 523. The lowest BCUT2D eigenvalue weighted by atomic mass is 10.1. The molecule has 0 aliphatic carbocycles. The van der Waals surface area contributed by atoms with Gasteiger partial charge in [-0.05, 0) is 52.3 Å². The largest absolute Gasteiger partial charge is 0.444 e. The van der Waals surface area contributed by atoms with E-state index in [1.807, 2.05) is 0 Å². The van der Waals surface area contributed by atoms with Crippen LogP contribution in [-0.2, 0) is 9.53 Å². The van der Waals surface area contributed by atoms with Gasteiger partial charge in [-0.1, -0.05) is 12.1 Å². The van der Waals surface area contributed by atoms with Crippen LogP contribution in [0, 0.1) is 5.82 Å². The maximum absolute atomic E-state index is 12.9. The summed E-state index contributed by atoms with van der Waals surface area (Å²) >= 11 is 0. The second-order valence-electron chi connectivity index (χ2n) is 6.15. The molecule has 0 saturated carbocycles. The van der Waals surface area contributed by atoms with Crippen molar-refractivity contribution in [1.29, 1.82) is 0 Å². The zero-order chi connectivity index (χ0) is 16.9. The quantitative estimate of drug-likeness (QED) is 0.898. The Labute approximate surface area is 130 Å². The van der Waals surface area contributed by atoms with Crippen LogP contribution < -0.4 is 10.6 Å². The number of amides is 2. The molecule has 2 N–H and O–H groups in total. The lowest BCUT2D eigenvalue weighted by molar-refractivity contribution is -0.123. The molecule has 1 aromatic carbocycles. The van der Waals surface area contributed by atoms with E-state index >= 15 is 0 Å². The first-order valence-electron chi connectivity index (χ1n) is 7.14. The topological polar surface area (TPSA) is 67.4 Å². The van der Waals surface area contributed by atoms with Crippen LogP contribution in [-0.4, -0.2) is 23.6 Å². The molecule has 2 atom stereocenters. The molecule has 1 rings (SSSR count). The predicted octanol–water partition coefficient (Wildman–Crippen LogP) is 2.92. The lowest BCUT2D eigenvalue weighted by Crippen LogP contribution is -2.47. The first kappa shape index (κ1) is 17.9. The zero-order valence-electron chi connectivity index (χ0n) is 13.6. The van der Waals surface area contributed by atoms with Gasteiger partial charge in [-0.2, -0.15) is 0 Å². The minimum Gasteiger partial charge on any atom is -0.444 e. The monoisotopic (exact) mass is 310 g/mol. The van der Waals surface area contributed by atoms with Crippen LogP contribution in [0.1, 0.15) is 46.2 Å². The van der Waals surface area contributed by atoms with Crippen molar-refractivity contribution in [2.45, 2.75) is 52.3 Å². The summed E-state index contributed by atoms with van der Waals surface area (Å²) in [5.74, 6) is -0.676. The highest BCUT2D eigenvalue weighted by molar-refractivity contribution is 5.85. The fraction of sp³-hybridized carbons (Fsp3) is 0.500. The van der Waals surface area contributed by atoms with Crippen LogP contribution in [0.25, 0.3) is 0 Å². The van der Waals surface area contributed by atoms with Gasteiger partial charge in [0.2, 0.25) is 5.91 Å². The highest BCUT2D eigenvalue weighted by Gasteiger charge is 2.22. The van der Waals surface area contributed by atoms with Crippen LogP contribution in [0.3, 0.4) is 0 Å². The molecule has 2 amide bonds. The van der Waals surface area contributed by atoms with Crippen LogP contribution in [0.5, 0.6) is 0 Å². The lowest BCUT2D eigenvalue weighted by Gasteiger charge is -2.22. The number of ether oxygens (including phenoxy) is 1. The molecule has 0 bridgehead atoms. The Morgan fingerprint density at radius 1 is 1.09 bits per heavy atom. The predicted molar refractivity (Wildman–Crippen MR) is 81.8 cm³/mol. The summed E-state index contributed by atoms with van der Waals surface area (Å²) in [5.41, 5.74) is 0.154. The molecular weight excluding hydrogens is 287 g/mol. The van der Waals surface area contributed by atoms with Gasteiger partial charge in [0, 0.05) is 0 Å². The van der Waals surface area contributed by atoms with Crippen molar-refractivity contribution in [3.05, 3.63) is 35.6 Å². The van der Waals surface area contributed by atoms with Crippen LogP contribution >= 0.6 is 0 Å². The van der Waals surface area contributed by atoms with Crippen molar-refractivity contribution in [2.24, 2.45) is 0 Å². The molecule has 22 heavy (non-hydrogen) atoms. The molecule has 0 radical (unpaired) electrons. The average Bonchev–Trinajstić information content (AvgIpc) is 2.36. The second kappa shape index (κ2) is 7.24. The smallest absolute Gasteiger partial charge is 0.408 e. The average molecular weight is 310 g/mol. The molecule has 0 aromatic heterocycles. The Morgan fingerprint density at radius 2 is 1.64 bits per heavy atom. The third-order valence-corrected chi connectivity index (χ3v) is 2.86. The number of halogens is 1. The van der Waals surface area contributed by atoms with E-state index in [4.69, 9.17) is 4.74 Å². The molecule has 0 heterocycles. The van der Waals surface area contributed by atoms with Crippen molar-refractivity contribution in [2.75, 3.05) is 0 Å². The van der Waals surface area contributed by atoms with Crippen LogP contribution in [0.15, 0.2) is 24.3 Å². The first-order valence-corrected chi connectivity index (χ1v) is 7.14. The molecule has 0 aliphatic rings. The molecule has 1 aromatic rings. The molecular formula is C16H23FN2O3. The van der Waals surface area contributed by atoms with E-state index in [0.717, 1.165) is 5.56 Å². The van der Waals surface area contributed by atoms with E-state index in [9.17, 15) is 14.0 Å². The summed E-state index contributed by atoms with van der Waals surface area (Å²) in [6.07, 6.45) is -0.649. The van der Waals surface area contributed by atoms with Gasteiger partial charge < -0.3 is 15.4 Å². The van der Waals surface area contributed by atoms with E-state index in [0.29, 0.717) is 0 Å². The number of hydrogen-bond acceptors (Lipinski definition) is 3. The number of rotatable bonds is 4. The third-order valence-electron chi connectivity index (χ3n) is 2.86. The van der Waals surface area contributed by atoms with E-state index < -0.39 is 17.7 Å². The highest BCUT2D eigenvalue weighted by atomic mass is 19.1. The zero-order valence-corrected chi connectivity index (χ0v) is 13.6. The number of hydrogen-bond donors (Lipinski definition) is 2. The standard InChI is InChI=1S/C16H23FN2O3/c1-10(12-6-8-13(17)9-7-12)18-14(20)11(2)19-15(21)22-16(3,4)5/h6-11H,1-5H3,(H,18,20)(H,19,21)/t10?,11-/m1/s1. The van der Waals surface area contributed by atoms with Crippen LogP contribution in [0.2, 0.25) is 0 Å². The van der Waals surface area contributed by atoms with E-state index in [1.54, 1.807) is 46.8 Å². The molecule has 1 unspecified atom stereocenters. The van der Waals surface area contributed by atoms with Gasteiger partial charge >= 0.3 is 6.09 Å². The van der Waals surface area contributed by atoms with Gasteiger partial charge in [0.25, 0.3) is 0 Å². The van der Waals surface area contributed by atoms with E-state index in [2.05, 4.69) is 10.6 Å². The van der Waals surface area contributed by atoms with Gasteiger partial charge in [-0.25, -0.2) is 9.18 Å². The molecule has 0 aliphatic heterocycles. The minimum absolute atomic E-state index is 0.295. The van der Waals surface area contributed by atoms with Gasteiger partial charge in [0.1, 0.15) is 17.5 Å². The highest BCUT2D eigenvalue weighted by Crippen LogP contribution is 2.13. The van der Waals surface area contributed by atoms with Gasteiger partial charge in [-0.3, -0.25) is 4.79 Å². The fourth-order valence-corrected chi connectivity index (χ4v) is 1.72. The fourth-order valence-electron chi connectivity index (χ4n) is 1.72. The van der Waals surface area contributed by atoms with Gasteiger partial charge in [0.05, 0.1) is 6.04 Å². The van der Waals surface area contributed by atoms with E-state index in [-0.39, 0.29) is 17.8 Å². The number of nitrogens with one attached hydrogen (secondary N) is 2. The van der Waals surface area contributed by atoms with Crippen molar-refractivity contribution in [1.82, 2.24) is 10.6 Å². The summed E-state index contributed by atoms with van der Waals surface area (Å²) in [4.78, 5) is 23.7. The maximum Gasteiger partial charge on any atom is 0.408 e. The van der Waals surface area contributed by atoms with Gasteiger partial charge in [-0.15, -0.1) is 0 Å². The molecule has 6 heteroatoms.